The van der Waals surface area contributed by atoms with Crippen LogP contribution < -0.4 is 10.1 Å². The van der Waals surface area contributed by atoms with Crippen molar-refractivity contribution in [2.24, 2.45) is 5.92 Å². The lowest BCUT2D eigenvalue weighted by atomic mass is 10.1. The molecule has 0 aliphatic carbocycles. The van der Waals surface area contributed by atoms with Crippen LogP contribution in [0, 0.1) is 19.8 Å². The molecule has 0 fully saturated rings. The van der Waals surface area contributed by atoms with Crippen molar-refractivity contribution in [3.05, 3.63) is 22.9 Å². The first-order chi connectivity index (χ1) is 9.19. The summed E-state index contributed by atoms with van der Waals surface area (Å²) >= 11 is 0. The number of halogens is 3. The average molecular weight is 290 g/mol. The number of alkyl halides is 3. The lowest BCUT2D eigenvalue weighted by Crippen LogP contribution is -2.23. The summed E-state index contributed by atoms with van der Waals surface area (Å²) in [7, 11) is 0. The molecule has 0 aliphatic heterocycles. The average Bonchev–Trinajstić information content (AvgIpc) is 2.27. The highest BCUT2D eigenvalue weighted by atomic mass is 19.4. The van der Waals surface area contributed by atoms with E-state index in [1.54, 1.807) is 6.92 Å². The van der Waals surface area contributed by atoms with Crippen molar-refractivity contribution in [3.63, 3.8) is 0 Å². The molecule has 20 heavy (non-hydrogen) atoms. The summed E-state index contributed by atoms with van der Waals surface area (Å²) in [5.74, 6) is 0.532. The first kappa shape index (κ1) is 16.8. The van der Waals surface area contributed by atoms with Gasteiger partial charge in [0, 0.05) is 17.8 Å². The number of aryl methyl sites for hydroxylation is 2. The molecule has 1 aromatic heterocycles. The fourth-order valence-corrected chi connectivity index (χ4v) is 1.80. The van der Waals surface area contributed by atoms with Crippen molar-refractivity contribution in [2.45, 2.75) is 40.4 Å². The third-order valence-electron chi connectivity index (χ3n) is 2.66. The molecule has 0 bridgehead atoms. The Morgan fingerprint density at radius 1 is 1.30 bits per heavy atom. The molecule has 0 aliphatic rings. The molecule has 0 unspecified atom stereocenters. The van der Waals surface area contributed by atoms with Crippen molar-refractivity contribution in [1.29, 1.82) is 0 Å². The molecule has 0 radical (unpaired) electrons. The maximum Gasteiger partial charge on any atom is 0.422 e. The first-order valence-corrected chi connectivity index (χ1v) is 6.56. The maximum absolute atomic E-state index is 12.3. The van der Waals surface area contributed by atoms with Crippen LogP contribution in [0.2, 0.25) is 0 Å². The molecule has 1 N–H and O–H groups in total. The van der Waals surface area contributed by atoms with E-state index in [0.717, 1.165) is 12.1 Å². The zero-order valence-corrected chi connectivity index (χ0v) is 12.3. The van der Waals surface area contributed by atoms with Crippen LogP contribution >= 0.6 is 0 Å². The summed E-state index contributed by atoms with van der Waals surface area (Å²) < 4.78 is 41.6. The van der Waals surface area contributed by atoms with Crippen LogP contribution in [0.5, 0.6) is 5.88 Å². The van der Waals surface area contributed by atoms with Crippen LogP contribution in [0.15, 0.2) is 6.07 Å². The summed E-state index contributed by atoms with van der Waals surface area (Å²) in [6.07, 6.45) is -4.36. The van der Waals surface area contributed by atoms with E-state index in [0.29, 0.717) is 23.7 Å². The number of ether oxygens (including phenoxy) is 1. The summed E-state index contributed by atoms with van der Waals surface area (Å²) in [4.78, 5) is 4.07. The van der Waals surface area contributed by atoms with Crippen LogP contribution in [0.3, 0.4) is 0 Å². The molecular formula is C14H21F3N2O. The number of nitrogens with one attached hydrogen (secondary N) is 1. The fourth-order valence-electron chi connectivity index (χ4n) is 1.80. The normalized spacial score (nSPS) is 12.0. The number of hydrogen-bond acceptors (Lipinski definition) is 3. The Morgan fingerprint density at radius 3 is 2.50 bits per heavy atom. The Bertz CT molecular complexity index is 445. The van der Waals surface area contributed by atoms with Crippen LogP contribution in [-0.2, 0) is 6.54 Å². The summed E-state index contributed by atoms with van der Waals surface area (Å²) in [6.45, 7) is 7.62. The fraction of sp³-hybridized carbons (Fsp3) is 0.643. The van der Waals surface area contributed by atoms with Gasteiger partial charge in [0.2, 0.25) is 5.88 Å². The third kappa shape index (κ3) is 5.77. The first-order valence-electron chi connectivity index (χ1n) is 6.56. The van der Waals surface area contributed by atoms with Crippen LogP contribution in [0.25, 0.3) is 0 Å². The highest BCUT2D eigenvalue weighted by Crippen LogP contribution is 2.23. The monoisotopic (exact) mass is 290 g/mol. The molecule has 0 saturated heterocycles. The molecular weight excluding hydrogens is 269 g/mol. The van der Waals surface area contributed by atoms with Gasteiger partial charge >= 0.3 is 6.18 Å². The van der Waals surface area contributed by atoms with Crippen LogP contribution in [-0.4, -0.2) is 24.3 Å². The smallest absolute Gasteiger partial charge is 0.422 e. The zero-order chi connectivity index (χ0) is 15.3. The van der Waals surface area contributed by atoms with E-state index in [1.165, 1.54) is 0 Å². The lowest BCUT2D eigenvalue weighted by molar-refractivity contribution is -0.154. The second-order valence-corrected chi connectivity index (χ2v) is 5.29. The van der Waals surface area contributed by atoms with Crippen molar-refractivity contribution >= 4 is 0 Å². The van der Waals surface area contributed by atoms with E-state index in [-0.39, 0.29) is 5.88 Å². The van der Waals surface area contributed by atoms with Gasteiger partial charge in [0.25, 0.3) is 0 Å². The van der Waals surface area contributed by atoms with Gasteiger partial charge in [0.05, 0.1) is 0 Å². The summed E-state index contributed by atoms with van der Waals surface area (Å²) in [5, 5.41) is 3.20. The van der Waals surface area contributed by atoms with Gasteiger partial charge in [0.1, 0.15) is 0 Å². The predicted molar refractivity (Wildman–Crippen MR) is 71.8 cm³/mol. The highest BCUT2D eigenvalue weighted by Gasteiger charge is 2.29. The number of nitrogens with zero attached hydrogens (tertiary/aromatic N) is 1. The molecule has 0 spiro atoms. The lowest BCUT2D eigenvalue weighted by Gasteiger charge is -2.16. The SMILES string of the molecule is Cc1cc(C)c(CNCC(C)C)c(OCC(F)(F)F)n1. The van der Waals surface area contributed by atoms with E-state index >= 15 is 0 Å². The zero-order valence-electron chi connectivity index (χ0n) is 12.3. The standard InChI is InChI=1S/C14H21F3N2O/c1-9(2)6-18-7-12-10(3)5-11(4)19-13(12)20-8-14(15,16)17/h5,9,18H,6-8H2,1-4H3. The van der Waals surface area contributed by atoms with E-state index in [2.05, 4.69) is 24.1 Å². The quantitative estimate of drug-likeness (QED) is 0.872. The van der Waals surface area contributed by atoms with Gasteiger partial charge in [-0.25, -0.2) is 4.98 Å². The van der Waals surface area contributed by atoms with Crippen molar-refractivity contribution in [2.75, 3.05) is 13.2 Å². The minimum absolute atomic E-state index is 0.0658. The Balaban J connectivity index is 2.84. The number of pyridine rings is 1. The molecule has 0 aromatic carbocycles. The largest absolute Gasteiger partial charge is 0.468 e. The van der Waals surface area contributed by atoms with Crippen LogP contribution in [0.1, 0.15) is 30.7 Å². The third-order valence-corrected chi connectivity index (χ3v) is 2.66. The van der Waals surface area contributed by atoms with E-state index < -0.39 is 12.8 Å². The molecule has 0 amide bonds. The van der Waals surface area contributed by atoms with Gasteiger partial charge in [-0.1, -0.05) is 13.8 Å². The Labute approximate surface area is 117 Å². The Hall–Kier alpha value is -1.30. The van der Waals surface area contributed by atoms with Gasteiger partial charge < -0.3 is 10.1 Å². The molecule has 0 atom stereocenters. The van der Waals surface area contributed by atoms with Gasteiger partial charge in [-0.3, -0.25) is 0 Å². The summed E-state index contributed by atoms with van der Waals surface area (Å²) in [5.41, 5.74) is 2.21. The van der Waals surface area contributed by atoms with Crippen molar-refractivity contribution in [1.82, 2.24) is 10.3 Å². The molecule has 6 heteroatoms. The minimum atomic E-state index is -4.36. The van der Waals surface area contributed by atoms with Crippen molar-refractivity contribution < 1.29 is 17.9 Å². The minimum Gasteiger partial charge on any atom is -0.468 e. The van der Waals surface area contributed by atoms with E-state index in [1.807, 2.05) is 13.0 Å². The molecule has 114 valence electrons. The Morgan fingerprint density at radius 2 is 1.95 bits per heavy atom. The molecule has 0 saturated carbocycles. The number of hydrogen-bond donors (Lipinski definition) is 1. The van der Waals surface area contributed by atoms with E-state index in [9.17, 15) is 13.2 Å². The molecule has 1 rings (SSSR count). The number of aromatic nitrogens is 1. The van der Waals surface area contributed by atoms with Gasteiger partial charge in [0.15, 0.2) is 6.61 Å². The number of rotatable bonds is 6. The summed E-state index contributed by atoms with van der Waals surface area (Å²) in [6, 6.07) is 1.84. The molecule has 1 aromatic rings. The van der Waals surface area contributed by atoms with Gasteiger partial charge in [-0.05, 0) is 37.9 Å². The van der Waals surface area contributed by atoms with E-state index in [4.69, 9.17) is 4.74 Å². The van der Waals surface area contributed by atoms with Gasteiger partial charge in [-0.15, -0.1) is 0 Å². The second kappa shape index (κ2) is 6.92. The Kier molecular flexibility index (Phi) is 5.80. The van der Waals surface area contributed by atoms with Crippen LogP contribution in [0.4, 0.5) is 13.2 Å². The maximum atomic E-state index is 12.3. The van der Waals surface area contributed by atoms with Gasteiger partial charge in [-0.2, -0.15) is 13.2 Å². The predicted octanol–water partition coefficient (Wildman–Crippen LogP) is 3.39. The van der Waals surface area contributed by atoms with Crippen molar-refractivity contribution in [3.8, 4) is 5.88 Å². The highest BCUT2D eigenvalue weighted by molar-refractivity contribution is 5.35. The molecule has 3 nitrogen and oxygen atoms in total. The molecule has 1 heterocycles. The second-order valence-electron chi connectivity index (χ2n) is 5.29. The topological polar surface area (TPSA) is 34.1 Å².